The molecule has 2 heterocycles. The van der Waals surface area contributed by atoms with Crippen molar-refractivity contribution < 1.29 is 13.7 Å². The Balaban J connectivity index is 1.97. The summed E-state index contributed by atoms with van der Waals surface area (Å²) in [4.78, 5) is 21.0. The average Bonchev–Trinajstić information content (AvgIpc) is 2.87. The van der Waals surface area contributed by atoms with Crippen LogP contribution in [0.15, 0.2) is 24.5 Å². The lowest BCUT2D eigenvalue weighted by Gasteiger charge is -2.21. The molecule has 0 unspecified atom stereocenters. The Morgan fingerprint density at radius 1 is 1.08 bits per heavy atom. The second-order valence-corrected chi connectivity index (χ2v) is 5.81. The van der Waals surface area contributed by atoms with Gasteiger partial charge in [-0.3, -0.25) is 10.1 Å². The highest BCUT2D eigenvalue weighted by atomic mass is 19.2. The number of rotatable bonds is 4. The van der Waals surface area contributed by atoms with Crippen molar-refractivity contribution in [3.63, 3.8) is 0 Å². The number of halogens is 2. The summed E-state index contributed by atoms with van der Waals surface area (Å²) in [6.07, 6.45) is 5.26. The first-order valence-corrected chi connectivity index (χ1v) is 8.02. The first-order valence-electron chi connectivity index (χ1n) is 8.02. The molecule has 1 aromatic carbocycles. The topological polar surface area (TPSA) is 84.2 Å². The average molecular weight is 349 g/mol. The van der Waals surface area contributed by atoms with E-state index >= 15 is 0 Å². The van der Waals surface area contributed by atoms with Gasteiger partial charge in [-0.1, -0.05) is 12.8 Å². The van der Waals surface area contributed by atoms with Crippen molar-refractivity contribution in [2.75, 3.05) is 23.3 Å². The molecule has 0 amide bonds. The Kier molecular flexibility index (Phi) is 5.01. The summed E-state index contributed by atoms with van der Waals surface area (Å²) in [5.74, 6) is -1.85. The van der Waals surface area contributed by atoms with E-state index in [0.717, 1.165) is 37.8 Å². The molecule has 25 heavy (non-hydrogen) atoms. The van der Waals surface area contributed by atoms with E-state index in [-0.39, 0.29) is 23.0 Å². The van der Waals surface area contributed by atoms with Crippen molar-refractivity contribution in [2.45, 2.75) is 25.7 Å². The van der Waals surface area contributed by atoms with Crippen molar-refractivity contribution in [1.82, 2.24) is 9.97 Å². The number of hydrogen-bond donors (Lipinski definition) is 1. The predicted octanol–water partition coefficient (Wildman–Crippen LogP) is 3.79. The Labute approximate surface area is 142 Å². The lowest BCUT2D eigenvalue weighted by Crippen LogP contribution is -2.26. The number of anilines is 3. The molecular formula is C16H17F2N5O2. The van der Waals surface area contributed by atoms with Crippen LogP contribution in [0.5, 0.6) is 0 Å². The van der Waals surface area contributed by atoms with E-state index in [1.165, 1.54) is 12.4 Å². The number of nitrogens with zero attached hydrogens (tertiary/aromatic N) is 4. The fourth-order valence-electron chi connectivity index (χ4n) is 2.85. The summed E-state index contributed by atoms with van der Waals surface area (Å²) in [6, 6.07) is 3.16. The molecule has 1 aromatic heterocycles. The van der Waals surface area contributed by atoms with Gasteiger partial charge in [0.25, 0.3) is 0 Å². The monoisotopic (exact) mass is 349 g/mol. The lowest BCUT2D eigenvalue weighted by atomic mass is 10.2. The van der Waals surface area contributed by atoms with Crippen LogP contribution in [0.2, 0.25) is 0 Å². The molecule has 1 fully saturated rings. The normalized spacial score (nSPS) is 14.9. The second-order valence-electron chi connectivity index (χ2n) is 5.81. The van der Waals surface area contributed by atoms with Crippen molar-refractivity contribution >= 4 is 23.0 Å². The zero-order chi connectivity index (χ0) is 17.8. The maximum absolute atomic E-state index is 13.4. The first kappa shape index (κ1) is 17.0. The molecule has 9 heteroatoms. The molecule has 0 spiro atoms. The van der Waals surface area contributed by atoms with Crippen LogP contribution in [0.25, 0.3) is 0 Å². The minimum absolute atomic E-state index is 0.0507. The Hall–Kier alpha value is -2.84. The number of hydrogen-bond acceptors (Lipinski definition) is 6. The fourth-order valence-corrected chi connectivity index (χ4v) is 2.85. The molecule has 3 rings (SSSR count). The third kappa shape index (κ3) is 3.81. The van der Waals surface area contributed by atoms with Gasteiger partial charge >= 0.3 is 5.69 Å². The standard InChI is InChI=1S/C16H17F2N5O2/c17-12-6-5-11(9-13(12)18)21-15-14(23(24)25)16(20-10-19-15)22-7-3-1-2-4-8-22/h5-6,9-10H,1-4,7-8H2,(H,19,20,21). The zero-order valence-electron chi connectivity index (χ0n) is 13.4. The summed E-state index contributed by atoms with van der Waals surface area (Å²) in [5.41, 5.74) is -0.100. The van der Waals surface area contributed by atoms with Crippen LogP contribution in [0, 0.1) is 21.7 Å². The van der Waals surface area contributed by atoms with Crippen molar-refractivity contribution in [2.24, 2.45) is 0 Å². The third-order valence-corrected chi connectivity index (χ3v) is 4.07. The van der Waals surface area contributed by atoms with Crippen molar-refractivity contribution in [3.8, 4) is 0 Å². The van der Waals surface area contributed by atoms with Crippen molar-refractivity contribution in [1.29, 1.82) is 0 Å². The lowest BCUT2D eigenvalue weighted by molar-refractivity contribution is -0.383. The van der Waals surface area contributed by atoms with Crippen molar-refractivity contribution in [3.05, 3.63) is 46.3 Å². The van der Waals surface area contributed by atoms with Crippen LogP contribution in [-0.2, 0) is 0 Å². The molecule has 0 atom stereocenters. The number of aromatic nitrogens is 2. The van der Waals surface area contributed by atoms with Crippen LogP contribution >= 0.6 is 0 Å². The predicted molar refractivity (Wildman–Crippen MR) is 89.0 cm³/mol. The number of benzene rings is 1. The SMILES string of the molecule is O=[N+]([O-])c1c(Nc2ccc(F)c(F)c2)ncnc1N1CCCCCC1. The molecular weight excluding hydrogens is 332 g/mol. The third-order valence-electron chi connectivity index (χ3n) is 4.07. The van der Waals surface area contributed by atoms with Crippen LogP contribution in [-0.4, -0.2) is 28.0 Å². The molecule has 2 aromatic rings. The highest BCUT2D eigenvalue weighted by Crippen LogP contribution is 2.34. The highest BCUT2D eigenvalue weighted by molar-refractivity contribution is 5.74. The van der Waals surface area contributed by atoms with E-state index in [1.54, 1.807) is 0 Å². The summed E-state index contributed by atoms with van der Waals surface area (Å²) in [5, 5.41) is 14.3. The zero-order valence-corrected chi connectivity index (χ0v) is 13.4. The molecule has 0 radical (unpaired) electrons. The van der Waals surface area contributed by atoms with E-state index in [4.69, 9.17) is 0 Å². The summed E-state index contributed by atoms with van der Waals surface area (Å²) < 4.78 is 26.4. The van der Waals surface area contributed by atoms with Crippen LogP contribution in [0.1, 0.15) is 25.7 Å². The van der Waals surface area contributed by atoms with Gasteiger partial charge in [0.2, 0.25) is 11.6 Å². The Morgan fingerprint density at radius 3 is 2.44 bits per heavy atom. The molecule has 0 bridgehead atoms. The molecule has 0 aliphatic carbocycles. The van der Waals surface area contributed by atoms with Crippen LogP contribution < -0.4 is 10.2 Å². The van der Waals surface area contributed by atoms with Gasteiger partial charge in [0.15, 0.2) is 11.6 Å². The van der Waals surface area contributed by atoms with Gasteiger partial charge in [0.05, 0.1) is 4.92 Å². The molecule has 1 N–H and O–H groups in total. The highest BCUT2D eigenvalue weighted by Gasteiger charge is 2.27. The molecule has 7 nitrogen and oxygen atoms in total. The summed E-state index contributed by atoms with van der Waals surface area (Å²) in [6.45, 7) is 1.37. The van der Waals surface area contributed by atoms with E-state index in [2.05, 4.69) is 15.3 Å². The first-order chi connectivity index (χ1) is 12.1. The Bertz CT molecular complexity index is 779. The smallest absolute Gasteiger partial charge is 0.351 e. The minimum Gasteiger partial charge on any atom is -0.351 e. The maximum Gasteiger partial charge on any atom is 0.353 e. The number of nitro groups is 1. The fraction of sp³-hybridized carbons (Fsp3) is 0.375. The largest absolute Gasteiger partial charge is 0.353 e. The van der Waals surface area contributed by atoms with E-state index in [9.17, 15) is 18.9 Å². The van der Waals surface area contributed by atoms with E-state index in [0.29, 0.717) is 13.1 Å². The van der Waals surface area contributed by atoms with E-state index < -0.39 is 16.6 Å². The van der Waals surface area contributed by atoms with Gasteiger partial charge in [-0.2, -0.15) is 0 Å². The van der Waals surface area contributed by atoms with Crippen LogP contribution in [0.3, 0.4) is 0 Å². The van der Waals surface area contributed by atoms with Gasteiger partial charge in [-0.15, -0.1) is 0 Å². The molecule has 1 aliphatic rings. The molecule has 1 aliphatic heterocycles. The quantitative estimate of drug-likeness (QED) is 0.668. The van der Waals surface area contributed by atoms with Crippen LogP contribution in [0.4, 0.5) is 31.8 Å². The second kappa shape index (κ2) is 7.37. The molecule has 1 saturated heterocycles. The maximum atomic E-state index is 13.4. The molecule has 0 saturated carbocycles. The summed E-state index contributed by atoms with van der Waals surface area (Å²) >= 11 is 0. The van der Waals surface area contributed by atoms with Gasteiger partial charge in [0.1, 0.15) is 6.33 Å². The van der Waals surface area contributed by atoms with E-state index in [1.807, 2.05) is 4.90 Å². The summed E-state index contributed by atoms with van der Waals surface area (Å²) in [7, 11) is 0. The van der Waals surface area contributed by atoms with Gasteiger partial charge in [0, 0.05) is 24.8 Å². The van der Waals surface area contributed by atoms with Gasteiger partial charge in [-0.25, -0.2) is 18.7 Å². The number of nitrogens with one attached hydrogen (secondary N) is 1. The molecule has 132 valence electrons. The minimum atomic E-state index is -1.05. The van der Waals surface area contributed by atoms with Gasteiger partial charge in [-0.05, 0) is 25.0 Å². The Morgan fingerprint density at radius 2 is 1.80 bits per heavy atom. The van der Waals surface area contributed by atoms with Gasteiger partial charge < -0.3 is 10.2 Å².